The molecule has 2 N–H and O–H groups in total. The summed E-state index contributed by atoms with van der Waals surface area (Å²) in [6, 6.07) is 11.3. The first kappa shape index (κ1) is 18.6. The summed E-state index contributed by atoms with van der Waals surface area (Å²) in [5.41, 5.74) is 1.57. The number of carbonyl (C=O) groups is 1. The van der Waals surface area contributed by atoms with Crippen LogP contribution in [0.2, 0.25) is 0 Å². The van der Waals surface area contributed by atoms with Crippen molar-refractivity contribution >= 4 is 34.9 Å². The van der Waals surface area contributed by atoms with Gasteiger partial charge in [0.2, 0.25) is 11.9 Å². The number of nitrogens with one attached hydrogen (secondary N) is 2. The molecule has 0 unspecified atom stereocenters. The second kappa shape index (κ2) is 8.51. The van der Waals surface area contributed by atoms with E-state index >= 15 is 0 Å². The van der Waals surface area contributed by atoms with Gasteiger partial charge in [-0.3, -0.25) is 4.79 Å². The molecule has 9 heteroatoms. The quantitative estimate of drug-likeness (QED) is 0.685. The zero-order chi connectivity index (χ0) is 20.1. The van der Waals surface area contributed by atoms with Gasteiger partial charge in [0.1, 0.15) is 18.0 Å². The Hall–Kier alpha value is -3.75. The minimum absolute atomic E-state index is 0.105. The second-order valence-electron chi connectivity index (χ2n) is 6.67. The number of anilines is 5. The first-order valence-electron chi connectivity index (χ1n) is 9.41. The molecule has 1 saturated heterocycles. The summed E-state index contributed by atoms with van der Waals surface area (Å²) in [7, 11) is 0. The molecule has 1 fully saturated rings. The van der Waals surface area contributed by atoms with Gasteiger partial charge in [0.25, 0.3) is 0 Å². The summed E-state index contributed by atoms with van der Waals surface area (Å²) in [5, 5.41) is 6.05. The molecule has 1 aliphatic rings. The summed E-state index contributed by atoms with van der Waals surface area (Å²) in [6.07, 6.45) is 5.08. The maximum Gasteiger partial charge on any atom is 0.225 e. The topological polar surface area (TPSA) is 99.2 Å². The van der Waals surface area contributed by atoms with Crippen LogP contribution >= 0.6 is 0 Å². The van der Waals surface area contributed by atoms with E-state index in [0.29, 0.717) is 5.82 Å². The molecule has 1 aromatic carbocycles. The van der Waals surface area contributed by atoms with Crippen molar-refractivity contribution in [3.8, 4) is 0 Å². The number of nitrogens with zero attached hydrogens (tertiary/aromatic N) is 6. The fourth-order valence-electron chi connectivity index (χ4n) is 3.20. The number of carbonyl (C=O) groups excluding carboxylic acids is 1. The Bertz CT molecular complexity index is 973. The first-order chi connectivity index (χ1) is 14.2. The van der Waals surface area contributed by atoms with Gasteiger partial charge in [-0.2, -0.15) is 0 Å². The summed E-state index contributed by atoms with van der Waals surface area (Å²) < 4.78 is 0. The molecule has 3 aromatic rings. The first-order valence-corrected chi connectivity index (χ1v) is 9.41. The van der Waals surface area contributed by atoms with Crippen LogP contribution in [-0.4, -0.2) is 52.0 Å². The molecular weight excluding hydrogens is 368 g/mol. The third-order valence-corrected chi connectivity index (χ3v) is 4.55. The van der Waals surface area contributed by atoms with Crippen molar-refractivity contribution in [1.29, 1.82) is 0 Å². The highest BCUT2D eigenvalue weighted by atomic mass is 16.1. The van der Waals surface area contributed by atoms with E-state index in [-0.39, 0.29) is 5.91 Å². The van der Waals surface area contributed by atoms with Gasteiger partial charge in [0.15, 0.2) is 0 Å². The number of aromatic nitrogens is 4. The molecule has 0 radical (unpaired) electrons. The molecule has 0 aliphatic carbocycles. The Labute approximate surface area is 168 Å². The maximum atomic E-state index is 11.2. The molecule has 3 heterocycles. The smallest absolute Gasteiger partial charge is 0.225 e. The van der Waals surface area contributed by atoms with Crippen LogP contribution < -0.4 is 20.4 Å². The average molecular weight is 390 g/mol. The van der Waals surface area contributed by atoms with Gasteiger partial charge in [-0.15, -0.1) is 0 Å². The predicted molar refractivity (Wildman–Crippen MR) is 113 cm³/mol. The van der Waals surface area contributed by atoms with Crippen molar-refractivity contribution in [2.75, 3.05) is 46.6 Å². The molecular formula is C20H22N8O. The van der Waals surface area contributed by atoms with Gasteiger partial charge in [-0.1, -0.05) is 6.07 Å². The van der Waals surface area contributed by atoms with Gasteiger partial charge in [0.05, 0.1) is 0 Å². The minimum Gasteiger partial charge on any atom is -0.353 e. The van der Waals surface area contributed by atoms with Crippen LogP contribution in [0.5, 0.6) is 0 Å². The third-order valence-electron chi connectivity index (χ3n) is 4.55. The molecule has 9 nitrogen and oxygen atoms in total. The fraction of sp³-hybridized carbons (Fsp3) is 0.250. The zero-order valence-corrected chi connectivity index (χ0v) is 16.1. The molecule has 2 aromatic heterocycles. The van der Waals surface area contributed by atoms with Gasteiger partial charge in [0, 0.05) is 62.9 Å². The fourth-order valence-corrected chi connectivity index (χ4v) is 3.20. The van der Waals surface area contributed by atoms with Crippen molar-refractivity contribution in [2.24, 2.45) is 0 Å². The Balaban J connectivity index is 1.41. The summed E-state index contributed by atoms with van der Waals surface area (Å²) in [4.78, 5) is 33.0. The number of piperazine rings is 1. The lowest BCUT2D eigenvalue weighted by Gasteiger charge is -2.35. The van der Waals surface area contributed by atoms with Crippen LogP contribution in [0.15, 0.2) is 55.1 Å². The van der Waals surface area contributed by atoms with Gasteiger partial charge in [-0.25, -0.2) is 19.9 Å². The number of amides is 1. The van der Waals surface area contributed by atoms with Crippen molar-refractivity contribution in [1.82, 2.24) is 19.9 Å². The SMILES string of the molecule is CC(=O)Nc1cccc(Nc2cc(N3CCN(c4ncccn4)CC3)ncn2)c1. The molecule has 29 heavy (non-hydrogen) atoms. The van der Waals surface area contributed by atoms with Crippen LogP contribution in [0.25, 0.3) is 0 Å². The van der Waals surface area contributed by atoms with Crippen LogP contribution in [-0.2, 0) is 4.79 Å². The van der Waals surface area contributed by atoms with E-state index in [4.69, 9.17) is 0 Å². The highest BCUT2D eigenvalue weighted by Gasteiger charge is 2.20. The van der Waals surface area contributed by atoms with E-state index in [0.717, 1.165) is 49.3 Å². The average Bonchev–Trinajstić information content (AvgIpc) is 2.74. The molecule has 0 bridgehead atoms. The Morgan fingerprint density at radius 3 is 2.38 bits per heavy atom. The number of benzene rings is 1. The standard InChI is InChI=1S/C20H22N8O/c1-15(29)25-16-4-2-5-17(12-16)26-18-13-19(24-14-23-18)27-8-10-28(11-9-27)20-21-6-3-7-22-20/h2-7,12-14H,8-11H2,1H3,(H,25,29)(H,23,24,26). The minimum atomic E-state index is -0.105. The van der Waals surface area contributed by atoms with Gasteiger partial charge in [-0.05, 0) is 24.3 Å². The van der Waals surface area contributed by atoms with Gasteiger partial charge >= 0.3 is 0 Å². The number of hydrogen-bond donors (Lipinski definition) is 2. The van der Waals surface area contributed by atoms with Crippen molar-refractivity contribution in [2.45, 2.75) is 6.92 Å². The number of rotatable bonds is 5. The molecule has 1 amide bonds. The predicted octanol–water partition coefficient (Wildman–Crippen LogP) is 2.30. The molecule has 0 saturated carbocycles. The summed E-state index contributed by atoms with van der Waals surface area (Å²) in [6.45, 7) is 4.80. The van der Waals surface area contributed by atoms with E-state index < -0.39 is 0 Å². The van der Waals surface area contributed by atoms with E-state index in [9.17, 15) is 4.79 Å². The monoisotopic (exact) mass is 390 g/mol. The maximum absolute atomic E-state index is 11.2. The normalized spacial score (nSPS) is 13.8. The molecule has 148 valence electrons. The molecule has 0 spiro atoms. The van der Waals surface area contributed by atoms with Crippen LogP contribution in [0.4, 0.5) is 29.0 Å². The van der Waals surface area contributed by atoms with E-state index in [1.54, 1.807) is 18.7 Å². The lowest BCUT2D eigenvalue weighted by Crippen LogP contribution is -2.47. The Morgan fingerprint density at radius 1 is 0.897 bits per heavy atom. The third kappa shape index (κ3) is 4.75. The van der Waals surface area contributed by atoms with Crippen molar-refractivity contribution < 1.29 is 4.79 Å². The molecule has 4 rings (SSSR count). The zero-order valence-electron chi connectivity index (χ0n) is 16.1. The highest BCUT2D eigenvalue weighted by Crippen LogP contribution is 2.22. The second-order valence-corrected chi connectivity index (χ2v) is 6.67. The van der Waals surface area contributed by atoms with Crippen molar-refractivity contribution in [3.05, 3.63) is 55.1 Å². The Morgan fingerprint density at radius 2 is 1.62 bits per heavy atom. The molecule has 0 atom stereocenters. The Kier molecular flexibility index (Phi) is 5.46. The van der Waals surface area contributed by atoms with Crippen LogP contribution in [0, 0.1) is 0 Å². The lowest BCUT2D eigenvalue weighted by molar-refractivity contribution is -0.114. The van der Waals surface area contributed by atoms with Crippen LogP contribution in [0.1, 0.15) is 6.92 Å². The van der Waals surface area contributed by atoms with E-state index in [1.807, 2.05) is 36.4 Å². The number of hydrogen-bond acceptors (Lipinski definition) is 8. The summed E-state index contributed by atoms with van der Waals surface area (Å²) in [5.74, 6) is 2.22. The largest absolute Gasteiger partial charge is 0.353 e. The van der Waals surface area contributed by atoms with E-state index in [2.05, 4.69) is 40.4 Å². The summed E-state index contributed by atoms with van der Waals surface area (Å²) >= 11 is 0. The van der Waals surface area contributed by atoms with Gasteiger partial charge < -0.3 is 20.4 Å². The van der Waals surface area contributed by atoms with E-state index in [1.165, 1.54) is 6.92 Å². The molecule has 1 aliphatic heterocycles. The van der Waals surface area contributed by atoms with Crippen LogP contribution in [0.3, 0.4) is 0 Å². The highest BCUT2D eigenvalue weighted by molar-refractivity contribution is 5.89. The lowest BCUT2D eigenvalue weighted by atomic mass is 10.2. The van der Waals surface area contributed by atoms with Crippen molar-refractivity contribution in [3.63, 3.8) is 0 Å².